The van der Waals surface area contributed by atoms with Gasteiger partial charge in [0.05, 0.1) is 36.4 Å². The van der Waals surface area contributed by atoms with Crippen molar-refractivity contribution < 1.29 is 14.3 Å². The number of nitrogens with zero attached hydrogens (tertiary/aromatic N) is 3. The van der Waals surface area contributed by atoms with Crippen molar-refractivity contribution in [2.45, 2.75) is 13.5 Å². The minimum Gasteiger partial charge on any atom is -0.462 e. The molecule has 0 spiro atoms. The summed E-state index contributed by atoms with van der Waals surface area (Å²) in [7, 11) is 0. The molecular formula is C22H25N3O3. The number of rotatable bonds is 6. The molecule has 6 heteroatoms. The number of fused-ring (bicyclic) bond motifs is 1. The molecule has 1 fully saturated rings. The number of imidazole rings is 1. The van der Waals surface area contributed by atoms with Gasteiger partial charge in [-0.25, -0.2) is 9.78 Å². The van der Waals surface area contributed by atoms with Crippen LogP contribution in [0.15, 0.2) is 48.5 Å². The third-order valence-corrected chi connectivity index (χ3v) is 5.03. The Bertz CT molecular complexity index is 946. The molecule has 0 unspecified atom stereocenters. The van der Waals surface area contributed by atoms with Gasteiger partial charge >= 0.3 is 5.97 Å². The summed E-state index contributed by atoms with van der Waals surface area (Å²) in [5.41, 5.74) is 3.44. The van der Waals surface area contributed by atoms with Gasteiger partial charge in [0.2, 0.25) is 0 Å². The van der Waals surface area contributed by atoms with E-state index in [9.17, 15) is 4.79 Å². The van der Waals surface area contributed by atoms with Crippen LogP contribution in [0.2, 0.25) is 0 Å². The summed E-state index contributed by atoms with van der Waals surface area (Å²) in [6.07, 6.45) is 0. The Morgan fingerprint density at radius 3 is 2.64 bits per heavy atom. The molecule has 2 aromatic carbocycles. The van der Waals surface area contributed by atoms with Crippen LogP contribution in [0, 0.1) is 0 Å². The zero-order valence-electron chi connectivity index (χ0n) is 16.1. The zero-order chi connectivity index (χ0) is 19.3. The van der Waals surface area contributed by atoms with E-state index in [4.69, 9.17) is 14.5 Å². The maximum atomic E-state index is 12.1. The van der Waals surface area contributed by atoms with Crippen LogP contribution >= 0.6 is 0 Å². The Morgan fingerprint density at radius 1 is 1.11 bits per heavy atom. The summed E-state index contributed by atoms with van der Waals surface area (Å²) < 4.78 is 12.8. The molecule has 0 amide bonds. The summed E-state index contributed by atoms with van der Waals surface area (Å²) in [6.45, 7) is 7.44. The number of hydrogen-bond donors (Lipinski definition) is 0. The van der Waals surface area contributed by atoms with Gasteiger partial charge in [-0.3, -0.25) is 4.90 Å². The Balaban J connectivity index is 1.70. The molecule has 1 aliphatic heterocycles. The van der Waals surface area contributed by atoms with E-state index in [0.717, 1.165) is 61.8 Å². The molecule has 2 heterocycles. The SMILES string of the molecule is CCOC(=O)c1ccc2c(c1)nc(-c1ccccc1)n2CCN1CCOCC1. The van der Waals surface area contributed by atoms with E-state index in [1.165, 1.54) is 0 Å². The molecule has 0 N–H and O–H groups in total. The van der Waals surface area contributed by atoms with Crippen molar-refractivity contribution in [3.05, 3.63) is 54.1 Å². The van der Waals surface area contributed by atoms with Crippen molar-refractivity contribution in [1.29, 1.82) is 0 Å². The summed E-state index contributed by atoms with van der Waals surface area (Å²) in [4.78, 5) is 19.4. The van der Waals surface area contributed by atoms with Crippen LogP contribution < -0.4 is 0 Å². The number of morpholine rings is 1. The van der Waals surface area contributed by atoms with E-state index < -0.39 is 0 Å². The monoisotopic (exact) mass is 379 g/mol. The van der Waals surface area contributed by atoms with E-state index in [-0.39, 0.29) is 5.97 Å². The minimum atomic E-state index is -0.312. The Labute approximate surface area is 164 Å². The summed E-state index contributed by atoms with van der Waals surface area (Å²) in [6, 6.07) is 15.8. The van der Waals surface area contributed by atoms with Crippen LogP contribution in [-0.2, 0) is 16.0 Å². The Morgan fingerprint density at radius 2 is 1.89 bits per heavy atom. The largest absolute Gasteiger partial charge is 0.462 e. The molecular weight excluding hydrogens is 354 g/mol. The summed E-state index contributed by atoms with van der Waals surface area (Å²) >= 11 is 0. The van der Waals surface area contributed by atoms with Gasteiger partial charge in [0.1, 0.15) is 5.82 Å². The maximum absolute atomic E-state index is 12.1. The highest BCUT2D eigenvalue weighted by molar-refractivity contribution is 5.94. The van der Waals surface area contributed by atoms with Crippen molar-refractivity contribution in [2.24, 2.45) is 0 Å². The van der Waals surface area contributed by atoms with Crippen LogP contribution in [0.4, 0.5) is 0 Å². The molecule has 1 aliphatic rings. The van der Waals surface area contributed by atoms with Crippen molar-refractivity contribution in [1.82, 2.24) is 14.5 Å². The number of aromatic nitrogens is 2. The standard InChI is InChI=1S/C22H25N3O3/c1-2-28-22(26)18-8-9-20-19(16-18)23-21(17-6-4-3-5-7-17)25(20)11-10-24-12-14-27-15-13-24/h3-9,16H,2,10-15H2,1H3. The lowest BCUT2D eigenvalue weighted by Gasteiger charge is -2.27. The van der Waals surface area contributed by atoms with Crippen molar-refractivity contribution >= 4 is 17.0 Å². The molecule has 4 rings (SSSR count). The van der Waals surface area contributed by atoms with Crippen LogP contribution in [-0.4, -0.2) is 59.9 Å². The van der Waals surface area contributed by atoms with Crippen LogP contribution in [0.5, 0.6) is 0 Å². The molecule has 0 atom stereocenters. The first-order valence-corrected chi connectivity index (χ1v) is 9.79. The molecule has 1 aromatic heterocycles. The predicted octanol–water partition coefficient (Wildman–Crippen LogP) is 3.21. The molecule has 0 aliphatic carbocycles. The van der Waals surface area contributed by atoms with E-state index in [0.29, 0.717) is 12.2 Å². The number of esters is 1. The fraction of sp³-hybridized carbons (Fsp3) is 0.364. The predicted molar refractivity (Wildman–Crippen MR) is 108 cm³/mol. The molecule has 28 heavy (non-hydrogen) atoms. The topological polar surface area (TPSA) is 56.6 Å². The van der Waals surface area contributed by atoms with E-state index in [2.05, 4.69) is 21.6 Å². The fourth-order valence-corrected chi connectivity index (χ4v) is 3.57. The van der Waals surface area contributed by atoms with Crippen molar-refractivity contribution in [2.75, 3.05) is 39.5 Å². The van der Waals surface area contributed by atoms with E-state index >= 15 is 0 Å². The van der Waals surface area contributed by atoms with Gasteiger partial charge in [-0.15, -0.1) is 0 Å². The minimum absolute atomic E-state index is 0.312. The normalized spacial score (nSPS) is 15.0. The maximum Gasteiger partial charge on any atom is 0.338 e. The second-order valence-corrected chi connectivity index (χ2v) is 6.83. The number of carbonyl (C=O) groups is 1. The highest BCUT2D eigenvalue weighted by Gasteiger charge is 2.17. The average molecular weight is 379 g/mol. The second kappa shape index (κ2) is 8.54. The highest BCUT2D eigenvalue weighted by atomic mass is 16.5. The second-order valence-electron chi connectivity index (χ2n) is 6.83. The van der Waals surface area contributed by atoms with Crippen molar-refractivity contribution in [3.8, 4) is 11.4 Å². The van der Waals surface area contributed by atoms with Crippen LogP contribution in [0.3, 0.4) is 0 Å². The van der Waals surface area contributed by atoms with Gasteiger partial charge < -0.3 is 14.0 Å². The smallest absolute Gasteiger partial charge is 0.338 e. The molecule has 1 saturated heterocycles. The van der Waals surface area contributed by atoms with Crippen LogP contribution in [0.25, 0.3) is 22.4 Å². The number of benzene rings is 2. The lowest BCUT2D eigenvalue weighted by Crippen LogP contribution is -2.38. The van der Waals surface area contributed by atoms with Crippen LogP contribution in [0.1, 0.15) is 17.3 Å². The van der Waals surface area contributed by atoms with Crippen molar-refractivity contribution in [3.63, 3.8) is 0 Å². The van der Waals surface area contributed by atoms with Gasteiger partial charge in [0, 0.05) is 31.7 Å². The number of hydrogen-bond acceptors (Lipinski definition) is 5. The molecule has 146 valence electrons. The van der Waals surface area contributed by atoms with Gasteiger partial charge in [-0.2, -0.15) is 0 Å². The summed E-state index contributed by atoms with van der Waals surface area (Å²) in [5.74, 6) is 0.610. The quantitative estimate of drug-likeness (QED) is 0.616. The van der Waals surface area contributed by atoms with Gasteiger partial charge in [0.15, 0.2) is 0 Å². The lowest BCUT2D eigenvalue weighted by atomic mass is 10.2. The van der Waals surface area contributed by atoms with Gasteiger partial charge in [0.25, 0.3) is 0 Å². The molecule has 3 aromatic rings. The Kier molecular flexibility index (Phi) is 5.69. The molecule has 0 bridgehead atoms. The number of carbonyl (C=O) groups excluding carboxylic acids is 1. The summed E-state index contributed by atoms with van der Waals surface area (Å²) in [5, 5.41) is 0. The van der Waals surface area contributed by atoms with E-state index in [1.54, 1.807) is 0 Å². The molecule has 0 radical (unpaired) electrons. The third kappa shape index (κ3) is 3.93. The first kappa shape index (κ1) is 18.7. The zero-order valence-corrected chi connectivity index (χ0v) is 16.1. The average Bonchev–Trinajstić information content (AvgIpc) is 3.11. The van der Waals surface area contributed by atoms with Gasteiger partial charge in [-0.05, 0) is 25.1 Å². The Hall–Kier alpha value is -2.70. The highest BCUT2D eigenvalue weighted by Crippen LogP contribution is 2.26. The first-order chi connectivity index (χ1) is 13.8. The third-order valence-electron chi connectivity index (χ3n) is 5.03. The lowest BCUT2D eigenvalue weighted by molar-refractivity contribution is 0.0366. The number of ether oxygens (including phenoxy) is 2. The first-order valence-electron chi connectivity index (χ1n) is 9.79. The molecule has 0 saturated carbocycles. The van der Waals surface area contributed by atoms with E-state index in [1.807, 2.05) is 43.3 Å². The van der Waals surface area contributed by atoms with Gasteiger partial charge in [-0.1, -0.05) is 30.3 Å². The fourth-order valence-electron chi connectivity index (χ4n) is 3.57. The molecule has 6 nitrogen and oxygen atoms in total.